The van der Waals surface area contributed by atoms with Gasteiger partial charge in [0.15, 0.2) is 0 Å². The number of hydrogen-bond donors (Lipinski definition) is 1. The van der Waals surface area contributed by atoms with Gasteiger partial charge in [0, 0.05) is 6.61 Å². The van der Waals surface area contributed by atoms with Crippen LogP contribution in [-0.2, 0) is 4.74 Å². The van der Waals surface area contributed by atoms with Gasteiger partial charge in [-0.25, -0.2) is 9.18 Å². The van der Waals surface area contributed by atoms with Gasteiger partial charge in [-0.15, -0.1) is 0 Å². The number of halogens is 1. The largest absolute Gasteiger partial charge is 0.462 e. The van der Waals surface area contributed by atoms with E-state index in [-0.39, 0.29) is 19.0 Å². The predicted molar refractivity (Wildman–Crippen MR) is 53.0 cm³/mol. The topological polar surface area (TPSA) is 46.5 Å². The Kier molecular flexibility index (Phi) is 4.77. The molecule has 0 saturated heterocycles. The Balaban J connectivity index is 2.37. The second-order valence-electron chi connectivity index (χ2n) is 3.07. The Hall–Kier alpha value is -1.42. The number of unbranched alkanes of at least 4 members (excludes halogenated alkanes) is 1. The van der Waals surface area contributed by atoms with Crippen molar-refractivity contribution in [1.82, 2.24) is 0 Å². The van der Waals surface area contributed by atoms with Gasteiger partial charge in [0.1, 0.15) is 5.82 Å². The minimum atomic E-state index is -0.465. The van der Waals surface area contributed by atoms with Crippen molar-refractivity contribution in [2.75, 3.05) is 13.2 Å². The van der Waals surface area contributed by atoms with Gasteiger partial charge in [-0.05, 0) is 37.1 Å². The summed E-state index contributed by atoms with van der Waals surface area (Å²) in [5, 5.41) is 8.50. The van der Waals surface area contributed by atoms with Crippen LogP contribution in [0.15, 0.2) is 24.3 Å². The van der Waals surface area contributed by atoms with Gasteiger partial charge in [-0.3, -0.25) is 0 Å². The molecule has 82 valence electrons. The van der Waals surface area contributed by atoms with Gasteiger partial charge < -0.3 is 9.84 Å². The summed E-state index contributed by atoms with van der Waals surface area (Å²) in [6, 6.07) is 5.18. The first-order valence-electron chi connectivity index (χ1n) is 4.77. The molecule has 0 radical (unpaired) electrons. The van der Waals surface area contributed by atoms with Crippen molar-refractivity contribution in [1.29, 1.82) is 0 Å². The first-order chi connectivity index (χ1) is 7.24. The lowest BCUT2D eigenvalue weighted by Gasteiger charge is -2.03. The summed E-state index contributed by atoms with van der Waals surface area (Å²) in [4.78, 5) is 11.3. The summed E-state index contributed by atoms with van der Waals surface area (Å²) in [6.45, 7) is 0.366. The second kappa shape index (κ2) is 6.14. The van der Waals surface area contributed by atoms with E-state index in [0.29, 0.717) is 18.4 Å². The van der Waals surface area contributed by atoms with E-state index in [1.807, 2.05) is 0 Å². The van der Waals surface area contributed by atoms with Gasteiger partial charge in [0.05, 0.1) is 12.2 Å². The third kappa shape index (κ3) is 4.08. The number of rotatable bonds is 5. The lowest BCUT2D eigenvalue weighted by atomic mass is 10.2. The highest BCUT2D eigenvalue weighted by atomic mass is 19.1. The van der Waals surface area contributed by atoms with E-state index in [2.05, 4.69) is 0 Å². The van der Waals surface area contributed by atoms with E-state index in [1.54, 1.807) is 0 Å². The summed E-state index contributed by atoms with van der Waals surface area (Å²) in [6.07, 6.45) is 1.24. The predicted octanol–water partition coefficient (Wildman–Crippen LogP) is 1.75. The third-order valence-corrected chi connectivity index (χ3v) is 1.87. The minimum absolute atomic E-state index is 0.0914. The maximum Gasteiger partial charge on any atom is 0.338 e. The fraction of sp³-hybridized carbons (Fsp3) is 0.364. The standard InChI is InChI=1S/C11H13FO3/c12-10-5-3-9(4-6-10)11(14)15-8-2-1-7-13/h3-6,13H,1-2,7-8H2. The Morgan fingerprint density at radius 1 is 1.27 bits per heavy atom. The van der Waals surface area contributed by atoms with Crippen LogP contribution in [0.1, 0.15) is 23.2 Å². The fourth-order valence-electron chi connectivity index (χ4n) is 1.05. The molecule has 0 aliphatic rings. The highest BCUT2D eigenvalue weighted by Gasteiger charge is 2.05. The maximum atomic E-state index is 12.5. The van der Waals surface area contributed by atoms with Crippen LogP contribution in [0.2, 0.25) is 0 Å². The molecule has 0 spiro atoms. The molecule has 0 unspecified atom stereocenters. The molecule has 1 N–H and O–H groups in total. The molecule has 1 aromatic rings. The molecule has 1 aromatic carbocycles. The molecule has 0 aliphatic heterocycles. The molecule has 3 nitrogen and oxygen atoms in total. The van der Waals surface area contributed by atoms with Crippen LogP contribution in [0.5, 0.6) is 0 Å². The number of hydrogen-bond acceptors (Lipinski definition) is 3. The monoisotopic (exact) mass is 212 g/mol. The van der Waals surface area contributed by atoms with Crippen LogP contribution in [0.3, 0.4) is 0 Å². The molecule has 1 rings (SSSR count). The smallest absolute Gasteiger partial charge is 0.338 e. The third-order valence-electron chi connectivity index (χ3n) is 1.87. The molecule has 0 aromatic heterocycles. The molecule has 0 fully saturated rings. The normalized spacial score (nSPS) is 10.0. The van der Waals surface area contributed by atoms with Crippen LogP contribution in [-0.4, -0.2) is 24.3 Å². The van der Waals surface area contributed by atoms with E-state index < -0.39 is 5.97 Å². The van der Waals surface area contributed by atoms with Crippen molar-refractivity contribution < 1.29 is 19.0 Å². The Labute approximate surface area is 87.5 Å². The van der Waals surface area contributed by atoms with Crippen LogP contribution >= 0.6 is 0 Å². The van der Waals surface area contributed by atoms with Crippen LogP contribution < -0.4 is 0 Å². The maximum absolute atomic E-state index is 12.5. The quantitative estimate of drug-likeness (QED) is 0.597. The van der Waals surface area contributed by atoms with Crippen molar-refractivity contribution in [3.05, 3.63) is 35.6 Å². The van der Waals surface area contributed by atoms with Crippen LogP contribution in [0.25, 0.3) is 0 Å². The zero-order valence-corrected chi connectivity index (χ0v) is 8.28. The van der Waals surface area contributed by atoms with Crippen LogP contribution in [0, 0.1) is 5.82 Å². The molecule has 0 amide bonds. The second-order valence-corrected chi connectivity index (χ2v) is 3.07. The van der Waals surface area contributed by atoms with Crippen molar-refractivity contribution in [2.45, 2.75) is 12.8 Å². The molecule has 4 heteroatoms. The van der Waals surface area contributed by atoms with Crippen LogP contribution in [0.4, 0.5) is 4.39 Å². The highest BCUT2D eigenvalue weighted by Crippen LogP contribution is 2.04. The Morgan fingerprint density at radius 2 is 1.93 bits per heavy atom. The summed E-state index contributed by atoms with van der Waals surface area (Å²) in [5.41, 5.74) is 0.334. The average Bonchev–Trinajstić information content (AvgIpc) is 2.25. The SMILES string of the molecule is O=C(OCCCCO)c1ccc(F)cc1. The fourth-order valence-corrected chi connectivity index (χ4v) is 1.05. The number of carbonyl (C=O) groups is 1. The summed E-state index contributed by atoms with van der Waals surface area (Å²) >= 11 is 0. The lowest BCUT2D eigenvalue weighted by molar-refractivity contribution is 0.0492. The van der Waals surface area contributed by atoms with Crippen molar-refractivity contribution in [2.24, 2.45) is 0 Å². The number of esters is 1. The van der Waals surface area contributed by atoms with E-state index in [0.717, 1.165) is 0 Å². The summed E-state index contributed by atoms with van der Waals surface area (Å²) in [5.74, 6) is -0.847. The van der Waals surface area contributed by atoms with E-state index >= 15 is 0 Å². The summed E-state index contributed by atoms with van der Waals surface area (Å²) in [7, 11) is 0. The molecule has 0 aliphatic carbocycles. The Morgan fingerprint density at radius 3 is 2.53 bits per heavy atom. The van der Waals surface area contributed by atoms with Crippen molar-refractivity contribution >= 4 is 5.97 Å². The zero-order chi connectivity index (χ0) is 11.1. The number of carbonyl (C=O) groups excluding carboxylic acids is 1. The average molecular weight is 212 g/mol. The number of ether oxygens (including phenoxy) is 1. The van der Waals surface area contributed by atoms with Crippen molar-refractivity contribution in [3.63, 3.8) is 0 Å². The molecular formula is C11H13FO3. The summed E-state index contributed by atoms with van der Waals surface area (Å²) < 4.78 is 17.4. The lowest BCUT2D eigenvalue weighted by Crippen LogP contribution is -2.06. The van der Waals surface area contributed by atoms with E-state index in [1.165, 1.54) is 24.3 Å². The van der Waals surface area contributed by atoms with Gasteiger partial charge in [0.2, 0.25) is 0 Å². The molecule has 15 heavy (non-hydrogen) atoms. The van der Waals surface area contributed by atoms with Gasteiger partial charge in [-0.1, -0.05) is 0 Å². The number of aliphatic hydroxyl groups is 1. The van der Waals surface area contributed by atoms with Gasteiger partial charge in [0.25, 0.3) is 0 Å². The van der Waals surface area contributed by atoms with Crippen molar-refractivity contribution in [3.8, 4) is 0 Å². The molecule has 0 atom stereocenters. The highest BCUT2D eigenvalue weighted by molar-refractivity contribution is 5.89. The molecule has 0 bridgehead atoms. The van der Waals surface area contributed by atoms with E-state index in [4.69, 9.17) is 9.84 Å². The first-order valence-corrected chi connectivity index (χ1v) is 4.77. The number of aliphatic hydroxyl groups excluding tert-OH is 1. The van der Waals surface area contributed by atoms with E-state index in [9.17, 15) is 9.18 Å². The minimum Gasteiger partial charge on any atom is -0.462 e. The first kappa shape index (κ1) is 11.7. The molecule has 0 saturated carbocycles. The Bertz CT molecular complexity index is 308. The zero-order valence-electron chi connectivity index (χ0n) is 8.28. The number of benzene rings is 1. The van der Waals surface area contributed by atoms with Gasteiger partial charge >= 0.3 is 5.97 Å². The van der Waals surface area contributed by atoms with Gasteiger partial charge in [-0.2, -0.15) is 0 Å². The molecule has 0 heterocycles. The molecular weight excluding hydrogens is 199 g/mol.